The molecule has 7 heteroatoms. The summed E-state index contributed by atoms with van der Waals surface area (Å²) in [4.78, 5) is 24.0. The van der Waals surface area contributed by atoms with Gasteiger partial charge in [-0.25, -0.2) is 9.59 Å². The van der Waals surface area contributed by atoms with Crippen molar-refractivity contribution in [1.82, 2.24) is 5.32 Å². The number of aliphatic carboxylic acids is 1. The minimum atomic E-state index is -1.55. The summed E-state index contributed by atoms with van der Waals surface area (Å²) >= 11 is 3.34. The van der Waals surface area contributed by atoms with E-state index in [4.69, 9.17) is 9.47 Å². The second kappa shape index (κ2) is 6.49. The Kier molecular flexibility index (Phi) is 5.01. The SMILES string of the molecule is CC(C)(C)OC(=O)N[C@@]1(C(=O)O)CCO[C@@H]1c1ccc(Br)cc1. The van der Waals surface area contributed by atoms with E-state index in [-0.39, 0.29) is 13.0 Å². The van der Waals surface area contributed by atoms with Crippen molar-refractivity contribution in [3.05, 3.63) is 34.3 Å². The molecule has 6 nitrogen and oxygen atoms in total. The fraction of sp³-hybridized carbons (Fsp3) is 0.500. The van der Waals surface area contributed by atoms with E-state index in [9.17, 15) is 14.7 Å². The van der Waals surface area contributed by atoms with Crippen LogP contribution in [0.2, 0.25) is 0 Å². The first kappa shape index (κ1) is 17.7. The van der Waals surface area contributed by atoms with Gasteiger partial charge in [-0.05, 0) is 38.5 Å². The van der Waals surface area contributed by atoms with Gasteiger partial charge in [-0.1, -0.05) is 28.1 Å². The van der Waals surface area contributed by atoms with Crippen molar-refractivity contribution in [3.63, 3.8) is 0 Å². The highest BCUT2D eigenvalue weighted by molar-refractivity contribution is 9.10. The van der Waals surface area contributed by atoms with E-state index >= 15 is 0 Å². The minimum absolute atomic E-state index is 0.169. The highest BCUT2D eigenvalue weighted by Crippen LogP contribution is 2.39. The molecule has 1 fully saturated rings. The number of halogens is 1. The van der Waals surface area contributed by atoms with Crippen LogP contribution in [0.25, 0.3) is 0 Å². The Morgan fingerprint density at radius 2 is 1.96 bits per heavy atom. The van der Waals surface area contributed by atoms with Gasteiger partial charge in [-0.3, -0.25) is 0 Å². The number of amides is 1. The van der Waals surface area contributed by atoms with Crippen LogP contribution in [0, 0.1) is 0 Å². The van der Waals surface area contributed by atoms with Crippen molar-refractivity contribution in [3.8, 4) is 0 Å². The number of hydrogen-bond acceptors (Lipinski definition) is 4. The number of rotatable bonds is 3. The van der Waals surface area contributed by atoms with Crippen LogP contribution in [0.3, 0.4) is 0 Å². The number of ether oxygens (including phenoxy) is 2. The smallest absolute Gasteiger partial charge is 0.408 e. The van der Waals surface area contributed by atoms with Crippen molar-refractivity contribution in [2.75, 3.05) is 6.61 Å². The van der Waals surface area contributed by atoms with Gasteiger partial charge >= 0.3 is 12.1 Å². The zero-order chi connectivity index (χ0) is 17.3. The van der Waals surface area contributed by atoms with Crippen LogP contribution < -0.4 is 5.32 Å². The summed E-state index contributed by atoms with van der Waals surface area (Å²) in [6, 6.07) is 7.15. The summed E-state index contributed by atoms with van der Waals surface area (Å²) in [7, 11) is 0. The molecule has 23 heavy (non-hydrogen) atoms. The highest BCUT2D eigenvalue weighted by Gasteiger charge is 2.53. The number of nitrogens with one attached hydrogen (secondary N) is 1. The predicted molar refractivity (Wildman–Crippen MR) is 87.2 cm³/mol. The Bertz CT molecular complexity index is 595. The van der Waals surface area contributed by atoms with E-state index in [0.29, 0.717) is 5.56 Å². The van der Waals surface area contributed by atoms with Crippen LogP contribution in [0.4, 0.5) is 4.79 Å². The monoisotopic (exact) mass is 385 g/mol. The molecule has 126 valence electrons. The van der Waals surface area contributed by atoms with Crippen LogP contribution in [-0.2, 0) is 14.3 Å². The molecule has 1 aliphatic heterocycles. The normalized spacial score (nSPS) is 24.3. The van der Waals surface area contributed by atoms with Crippen molar-refractivity contribution in [2.24, 2.45) is 0 Å². The van der Waals surface area contributed by atoms with Crippen molar-refractivity contribution in [2.45, 2.75) is 44.4 Å². The van der Waals surface area contributed by atoms with Crippen molar-refractivity contribution < 1.29 is 24.2 Å². The molecule has 1 heterocycles. The predicted octanol–water partition coefficient (Wildman–Crippen LogP) is 3.26. The Balaban J connectivity index is 2.29. The maximum absolute atomic E-state index is 12.1. The molecule has 1 amide bonds. The molecule has 0 unspecified atom stereocenters. The third kappa shape index (κ3) is 4.03. The minimum Gasteiger partial charge on any atom is -0.479 e. The van der Waals surface area contributed by atoms with Crippen molar-refractivity contribution >= 4 is 28.0 Å². The third-order valence-electron chi connectivity index (χ3n) is 3.51. The number of carbonyl (C=O) groups is 2. The van der Waals surface area contributed by atoms with E-state index in [1.807, 2.05) is 0 Å². The maximum Gasteiger partial charge on any atom is 0.408 e. The van der Waals surface area contributed by atoms with Gasteiger partial charge in [0.1, 0.15) is 11.7 Å². The van der Waals surface area contributed by atoms with Gasteiger partial charge in [0.15, 0.2) is 5.54 Å². The van der Waals surface area contributed by atoms with Gasteiger partial charge in [0.05, 0.1) is 6.61 Å². The largest absolute Gasteiger partial charge is 0.479 e. The number of carboxylic acid groups (broad SMARTS) is 1. The zero-order valence-electron chi connectivity index (χ0n) is 13.3. The molecule has 0 bridgehead atoms. The van der Waals surface area contributed by atoms with Crippen LogP contribution in [-0.4, -0.2) is 34.9 Å². The molecule has 1 aromatic carbocycles. The molecule has 2 atom stereocenters. The lowest BCUT2D eigenvalue weighted by molar-refractivity contribution is -0.147. The van der Waals surface area contributed by atoms with Gasteiger partial charge in [-0.2, -0.15) is 0 Å². The summed E-state index contributed by atoms with van der Waals surface area (Å²) in [5, 5.41) is 12.3. The molecule has 1 aromatic rings. The summed E-state index contributed by atoms with van der Waals surface area (Å²) in [5.41, 5.74) is -1.57. The molecule has 0 saturated carbocycles. The molecule has 1 aliphatic rings. The van der Waals surface area contributed by atoms with E-state index in [2.05, 4.69) is 21.2 Å². The second-order valence-electron chi connectivity index (χ2n) is 6.46. The third-order valence-corrected chi connectivity index (χ3v) is 4.04. The topological polar surface area (TPSA) is 84.9 Å². The summed E-state index contributed by atoms with van der Waals surface area (Å²) in [6.07, 6.45) is -1.38. The first-order valence-electron chi connectivity index (χ1n) is 7.26. The summed E-state index contributed by atoms with van der Waals surface area (Å²) in [5.74, 6) is -1.14. The summed E-state index contributed by atoms with van der Waals surface area (Å²) in [6.45, 7) is 5.40. The lowest BCUT2D eigenvalue weighted by Gasteiger charge is -2.32. The summed E-state index contributed by atoms with van der Waals surface area (Å²) < 4.78 is 11.7. The Morgan fingerprint density at radius 3 is 2.48 bits per heavy atom. The van der Waals surface area contributed by atoms with Gasteiger partial charge in [0.25, 0.3) is 0 Å². The molecular weight excluding hydrogens is 366 g/mol. The fourth-order valence-electron chi connectivity index (χ4n) is 2.52. The van der Waals surface area contributed by atoms with E-state index in [0.717, 1.165) is 4.47 Å². The zero-order valence-corrected chi connectivity index (χ0v) is 14.8. The van der Waals surface area contributed by atoms with Crippen molar-refractivity contribution in [1.29, 1.82) is 0 Å². The molecular formula is C16H20BrNO5. The fourth-order valence-corrected chi connectivity index (χ4v) is 2.78. The number of hydrogen-bond donors (Lipinski definition) is 2. The van der Waals surface area contributed by atoms with Crippen LogP contribution in [0.1, 0.15) is 38.9 Å². The van der Waals surface area contributed by atoms with E-state index in [1.165, 1.54) is 0 Å². The van der Waals surface area contributed by atoms with Gasteiger partial charge in [-0.15, -0.1) is 0 Å². The standard InChI is InChI=1S/C16H20BrNO5/c1-15(2,3)23-14(21)18-16(13(19)20)8-9-22-12(16)10-4-6-11(17)7-5-10/h4-7,12H,8-9H2,1-3H3,(H,18,21)(H,19,20)/t12-,16+/m1/s1. The Hall–Kier alpha value is -1.60. The molecule has 0 aliphatic carbocycles. The van der Waals surface area contributed by atoms with E-state index < -0.39 is 29.3 Å². The molecule has 0 aromatic heterocycles. The molecule has 2 rings (SSSR count). The van der Waals surface area contributed by atoms with Crippen LogP contribution >= 0.6 is 15.9 Å². The second-order valence-corrected chi connectivity index (χ2v) is 7.37. The number of carbonyl (C=O) groups excluding carboxylic acids is 1. The number of alkyl carbamates (subject to hydrolysis) is 1. The maximum atomic E-state index is 12.1. The molecule has 0 radical (unpaired) electrons. The average Bonchev–Trinajstić information content (AvgIpc) is 2.82. The first-order chi connectivity index (χ1) is 10.6. The average molecular weight is 386 g/mol. The molecule has 0 spiro atoms. The molecule has 1 saturated heterocycles. The van der Waals surface area contributed by atoms with Crippen LogP contribution in [0.5, 0.6) is 0 Å². The van der Waals surface area contributed by atoms with Gasteiger partial charge < -0.3 is 19.9 Å². The molecule has 2 N–H and O–H groups in total. The number of benzene rings is 1. The van der Waals surface area contributed by atoms with Crippen LogP contribution in [0.15, 0.2) is 28.7 Å². The van der Waals surface area contributed by atoms with E-state index in [1.54, 1.807) is 45.0 Å². The Morgan fingerprint density at radius 1 is 1.35 bits per heavy atom. The lowest BCUT2D eigenvalue weighted by Crippen LogP contribution is -2.57. The first-order valence-corrected chi connectivity index (χ1v) is 8.05. The lowest BCUT2D eigenvalue weighted by atomic mass is 9.87. The van der Waals surface area contributed by atoms with Gasteiger partial charge in [0.2, 0.25) is 0 Å². The Labute approximate surface area is 143 Å². The highest BCUT2D eigenvalue weighted by atomic mass is 79.9. The quantitative estimate of drug-likeness (QED) is 0.833. The number of carboxylic acids is 1. The van der Waals surface area contributed by atoms with Gasteiger partial charge in [0, 0.05) is 10.9 Å².